The summed E-state index contributed by atoms with van der Waals surface area (Å²) in [4.78, 5) is 12.8. The molecule has 0 saturated heterocycles. The van der Waals surface area contributed by atoms with Gasteiger partial charge in [-0.25, -0.2) is 8.42 Å². The van der Waals surface area contributed by atoms with E-state index in [-0.39, 0.29) is 10.8 Å². The van der Waals surface area contributed by atoms with Gasteiger partial charge in [0.25, 0.3) is 15.9 Å². The third-order valence-corrected chi connectivity index (χ3v) is 8.96. The van der Waals surface area contributed by atoms with Crippen LogP contribution >= 0.6 is 0 Å². The van der Waals surface area contributed by atoms with Crippen LogP contribution < -0.4 is 10.0 Å². The van der Waals surface area contributed by atoms with Crippen molar-refractivity contribution in [3.8, 4) is 0 Å². The van der Waals surface area contributed by atoms with Crippen LogP contribution in [0.4, 0.5) is 5.69 Å². The molecule has 6 heteroatoms. The van der Waals surface area contributed by atoms with E-state index in [2.05, 4.69) is 10.0 Å². The highest BCUT2D eigenvalue weighted by Gasteiger charge is 2.50. The van der Waals surface area contributed by atoms with Crippen LogP contribution in [0.25, 0.3) is 0 Å². The molecule has 4 bridgehead atoms. The van der Waals surface area contributed by atoms with Crippen LogP contribution in [-0.2, 0) is 10.0 Å². The van der Waals surface area contributed by atoms with Gasteiger partial charge in [0, 0.05) is 17.8 Å². The third-order valence-electron chi connectivity index (χ3n) is 7.56. The first-order valence-electron chi connectivity index (χ1n) is 11.4. The summed E-state index contributed by atoms with van der Waals surface area (Å²) in [6.45, 7) is 0.716. The highest BCUT2D eigenvalue weighted by atomic mass is 32.2. The molecular weight excluding hydrogens is 408 g/mol. The maximum absolute atomic E-state index is 12.6. The molecule has 4 aliphatic carbocycles. The summed E-state index contributed by atoms with van der Waals surface area (Å²) in [6.07, 6.45) is 9.45. The molecule has 2 aromatic carbocycles. The summed E-state index contributed by atoms with van der Waals surface area (Å²) in [5, 5.41) is 3.09. The van der Waals surface area contributed by atoms with Crippen molar-refractivity contribution in [3.05, 3.63) is 60.2 Å². The summed E-state index contributed by atoms with van der Waals surface area (Å²) in [5.74, 6) is 2.68. The molecule has 0 heterocycles. The molecule has 0 aliphatic heterocycles. The smallest absolute Gasteiger partial charge is 0.261 e. The van der Waals surface area contributed by atoms with Gasteiger partial charge in [-0.05, 0) is 105 Å². The molecule has 2 aromatic rings. The number of anilines is 1. The standard InChI is InChI=1S/C25H30N2O3S/c28-24(26-11-10-25-15-18-12-19(16-25)14-20(13-18)17-25)21-6-8-22(9-7-21)27-31(29,30)23-4-2-1-3-5-23/h1-9,18-20,27H,10-17H2,(H,26,28). The molecule has 0 aromatic heterocycles. The number of hydrogen-bond donors (Lipinski definition) is 2. The lowest BCUT2D eigenvalue weighted by Gasteiger charge is -2.57. The van der Waals surface area contributed by atoms with E-state index < -0.39 is 10.0 Å². The Morgan fingerprint density at radius 1 is 0.871 bits per heavy atom. The van der Waals surface area contributed by atoms with Crippen molar-refractivity contribution in [2.45, 2.75) is 49.8 Å². The lowest BCUT2D eigenvalue weighted by molar-refractivity contribution is -0.0564. The highest BCUT2D eigenvalue weighted by molar-refractivity contribution is 7.92. The summed E-state index contributed by atoms with van der Waals surface area (Å²) < 4.78 is 27.4. The first-order valence-corrected chi connectivity index (χ1v) is 12.9. The molecule has 0 atom stereocenters. The Hall–Kier alpha value is -2.34. The fourth-order valence-electron chi connectivity index (χ4n) is 6.64. The largest absolute Gasteiger partial charge is 0.352 e. The molecule has 2 N–H and O–H groups in total. The molecule has 31 heavy (non-hydrogen) atoms. The maximum atomic E-state index is 12.6. The van der Waals surface area contributed by atoms with Gasteiger partial charge in [-0.2, -0.15) is 0 Å². The maximum Gasteiger partial charge on any atom is 0.261 e. The van der Waals surface area contributed by atoms with Crippen LogP contribution in [0.5, 0.6) is 0 Å². The first-order chi connectivity index (χ1) is 14.9. The monoisotopic (exact) mass is 438 g/mol. The lowest BCUT2D eigenvalue weighted by atomic mass is 9.49. The molecular formula is C25H30N2O3S. The topological polar surface area (TPSA) is 75.3 Å². The van der Waals surface area contributed by atoms with E-state index in [1.54, 1.807) is 54.6 Å². The van der Waals surface area contributed by atoms with Gasteiger partial charge in [0.1, 0.15) is 0 Å². The third kappa shape index (κ3) is 4.36. The second-order valence-electron chi connectivity index (χ2n) is 9.92. The molecule has 164 valence electrons. The molecule has 0 unspecified atom stereocenters. The fourth-order valence-corrected chi connectivity index (χ4v) is 7.72. The Morgan fingerprint density at radius 3 is 2.03 bits per heavy atom. The van der Waals surface area contributed by atoms with E-state index in [9.17, 15) is 13.2 Å². The number of benzene rings is 2. The minimum atomic E-state index is -3.63. The van der Waals surface area contributed by atoms with E-state index in [0.29, 0.717) is 23.2 Å². The Balaban J connectivity index is 1.16. The van der Waals surface area contributed by atoms with Gasteiger partial charge < -0.3 is 5.32 Å². The molecule has 0 radical (unpaired) electrons. The Kier molecular flexibility index (Phi) is 5.29. The van der Waals surface area contributed by atoms with Crippen molar-refractivity contribution in [2.24, 2.45) is 23.2 Å². The summed E-state index contributed by atoms with van der Waals surface area (Å²) >= 11 is 0. The van der Waals surface area contributed by atoms with Crippen molar-refractivity contribution < 1.29 is 13.2 Å². The summed E-state index contributed by atoms with van der Waals surface area (Å²) in [5.41, 5.74) is 1.45. The SMILES string of the molecule is O=C(NCCC12CC3CC(CC(C3)C1)C2)c1ccc(NS(=O)(=O)c2ccccc2)cc1. The minimum Gasteiger partial charge on any atom is -0.352 e. The Morgan fingerprint density at radius 2 is 1.45 bits per heavy atom. The Bertz CT molecular complexity index is 1010. The van der Waals surface area contributed by atoms with E-state index in [0.717, 1.165) is 24.2 Å². The molecule has 0 spiro atoms. The van der Waals surface area contributed by atoms with Gasteiger partial charge in [-0.1, -0.05) is 18.2 Å². The van der Waals surface area contributed by atoms with E-state index in [1.165, 1.54) is 38.5 Å². The van der Waals surface area contributed by atoms with Gasteiger partial charge >= 0.3 is 0 Å². The average molecular weight is 439 g/mol. The fraction of sp³-hybridized carbons (Fsp3) is 0.480. The number of carbonyl (C=O) groups excluding carboxylic acids is 1. The van der Waals surface area contributed by atoms with Crippen molar-refractivity contribution >= 4 is 21.6 Å². The molecule has 6 rings (SSSR count). The first kappa shape index (κ1) is 20.6. The quantitative estimate of drug-likeness (QED) is 0.651. The summed E-state index contributed by atoms with van der Waals surface area (Å²) in [6, 6.07) is 14.9. The van der Waals surface area contributed by atoms with E-state index in [4.69, 9.17) is 0 Å². The molecule has 1 amide bonds. The zero-order valence-electron chi connectivity index (χ0n) is 17.7. The molecule has 5 nitrogen and oxygen atoms in total. The van der Waals surface area contributed by atoms with Gasteiger partial charge in [0.05, 0.1) is 4.90 Å². The van der Waals surface area contributed by atoms with Gasteiger partial charge in [-0.3, -0.25) is 9.52 Å². The number of hydrogen-bond acceptors (Lipinski definition) is 3. The lowest BCUT2D eigenvalue weighted by Crippen LogP contribution is -2.47. The summed E-state index contributed by atoms with van der Waals surface area (Å²) in [7, 11) is -3.63. The van der Waals surface area contributed by atoms with Crippen LogP contribution in [0.15, 0.2) is 59.5 Å². The van der Waals surface area contributed by atoms with Gasteiger partial charge in [0.2, 0.25) is 0 Å². The van der Waals surface area contributed by atoms with E-state index in [1.807, 2.05) is 0 Å². The van der Waals surface area contributed by atoms with Crippen LogP contribution in [0.3, 0.4) is 0 Å². The average Bonchev–Trinajstić information content (AvgIpc) is 2.73. The van der Waals surface area contributed by atoms with Crippen molar-refractivity contribution in [1.29, 1.82) is 0 Å². The number of sulfonamides is 1. The van der Waals surface area contributed by atoms with Crippen LogP contribution in [0.1, 0.15) is 55.3 Å². The predicted molar refractivity (Wildman–Crippen MR) is 121 cm³/mol. The van der Waals surface area contributed by atoms with Crippen LogP contribution in [0.2, 0.25) is 0 Å². The Labute approximate surface area is 184 Å². The minimum absolute atomic E-state index is 0.0952. The van der Waals surface area contributed by atoms with Crippen molar-refractivity contribution in [1.82, 2.24) is 5.32 Å². The zero-order chi connectivity index (χ0) is 21.5. The van der Waals surface area contributed by atoms with Crippen molar-refractivity contribution in [2.75, 3.05) is 11.3 Å². The normalized spacial score (nSPS) is 29.0. The second-order valence-corrected chi connectivity index (χ2v) is 11.6. The van der Waals surface area contributed by atoms with E-state index >= 15 is 0 Å². The number of rotatable bonds is 7. The molecule has 4 saturated carbocycles. The zero-order valence-corrected chi connectivity index (χ0v) is 18.5. The van der Waals surface area contributed by atoms with Crippen LogP contribution in [0, 0.1) is 23.2 Å². The number of amides is 1. The van der Waals surface area contributed by atoms with Gasteiger partial charge in [-0.15, -0.1) is 0 Å². The van der Waals surface area contributed by atoms with Crippen molar-refractivity contribution in [3.63, 3.8) is 0 Å². The van der Waals surface area contributed by atoms with Gasteiger partial charge in [0.15, 0.2) is 0 Å². The second kappa shape index (κ2) is 7.97. The predicted octanol–water partition coefficient (Wildman–Crippen LogP) is 4.82. The highest BCUT2D eigenvalue weighted by Crippen LogP contribution is 2.61. The number of carbonyl (C=O) groups is 1. The number of nitrogens with one attached hydrogen (secondary N) is 2. The van der Waals surface area contributed by atoms with Crippen LogP contribution in [-0.4, -0.2) is 20.9 Å². The molecule has 4 fully saturated rings. The molecule has 4 aliphatic rings.